The van der Waals surface area contributed by atoms with Gasteiger partial charge in [-0.05, 0) is 19.1 Å². The average Bonchev–Trinajstić information content (AvgIpc) is 2.68. The number of rotatable bonds is 3. The van der Waals surface area contributed by atoms with Crippen molar-refractivity contribution in [2.24, 2.45) is 7.05 Å². The summed E-state index contributed by atoms with van der Waals surface area (Å²) in [5.41, 5.74) is 6.21. The fraction of sp³-hybridized carbons (Fsp3) is 0.300. The van der Waals surface area contributed by atoms with Crippen molar-refractivity contribution in [2.45, 2.75) is 13.0 Å². The molecular weight excluding hydrogens is 204 g/mol. The molecule has 0 spiro atoms. The molecule has 3 N–H and O–H groups in total. The summed E-state index contributed by atoms with van der Waals surface area (Å²) in [6.45, 7) is 2.00. The van der Waals surface area contributed by atoms with Gasteiger partial charge >= 0.3 is 0 Å². The predicted octanol–water partition coefficient (Wildman–Crippen LogP) is 0.965. The number of anilines is 2. The molecule has 16 heavy (non-hydrogen) atoms. The van der Waals surface area contributed by atoms with Gasteiger partial charge < -0.3 is 15.6 Å². The van der Waals surface area contributed by atoms with E-state index in [-0.39, 0.29) is 6.04 Å². The van der Waals surface area contributed by atoms with Crippen molar-refractivity contribution in [3.63, 3.8) is 0 Å². The maximum Gasteiger partial charge on any atom is 0.154 e. The van der Waals surface area contributed by atoms with E-state index >= 15 is 0 Å². The Morgan fingerprint density at radius 2 is 2.25 bits per heavy atom. The van der Waals surface area contributed by atoms with Gasteiger partial charge in [0.05, 0.1) is 17.9 Å². The van der Waals surface area contributed by atoms with E-state index in [4.69, 9.17) is 5.73 Å². The molecular formula is C10H14N6. The molecule has 0 fully saturated rings. The Kier molecular flexibility index (Phi) is 2.72. The van der Waals surface area contributed by atoms with Gasteiger partial charge in [0.1, 0.15) is 12.1 Å². The Labute approximate surface area is 93.5 Å². The number of aromatic nitrogens is 4. The van der Waals surface area contributed by atoms with E-state index in [1.54, 1.807) is 18.6 Å². The summed E-state index contributed by atoms with van der Waals surface area (Å²) in [5, 5.41) is 11.1. The molecule has 2 heterocycles. The van der Waals surface area contributed by atoms with Gasteiger partial charge in [-0.15, -0.1) is 10.2 Å². The standard InChI is InChI=1S/C10H14N6/c1-7(10-15-13-6-16(10)2)14-9-4-3-8(11)5-12-9/h3-7H,11H2,1-2H3,(H,12,14). The smallest absolute Gasteiger partial charge is 0.154 e. The minimum Gasteiger partial charge on any atom is -0.397 e. The van der Waals surface area contributed by atoms with Crippen molar-refractivity contribution in [3.05, 3.63) is 30.5 Å². The minimum absolute atomic E-state index is 0.0450. The Hall–Kier alpha value is -2.11. The number of hydrogen-bond donors (Lipinski definition) is 2. The fourth-order valence-corrected chi connectivity index (χ4v) is 1.46. The van der Waals surface area contributed by atoms with Crippen molar-refractivity contribution >= 4 is 11.5 Å². The molecule has 2 rings (SSSR count). The third-order valence-electron chi connectivity index (χ3n) is 2.28. The predicted molar refractivity (Wildman–Crippen MR) is 61.7 cm³/mol. The lowest BCUT2D eigenvalue weighted by atomic mass is 10.3. The zero-order valence-corrected chi connectivity index (χ0v) is 9.25. The molecule has 0 saturated heterocycles. The van der Waals surface area contributed by atoms with Gasteiger partial charge in [-0.3, -0.25) is 0 Å². The number of nitrogens with one attached hydrogen (secondary N) is 1. The highest BCUT2D eigenvalue weighted by atomic mass is 15.3. The van der Waals surface area contributed by atoms with E-state index in [1.165, 1.54) is 0 Å². The highest BCUT2D eigenvalue weighted by molar-refractivity contribution is 5.44. The first-order valence-electron chi connectivity index (χ1n) is 4.99. The minimum atomic E-state index is 0.0450. The molecule has 6 heteroatoms. The highest BCUT2D eigenvalue weighted by Crippen LogP contribution is 2.15. The Balaban J connectivity index is 2.10. The molecule has 0 aromatic carbocycles. The Bertz CT molecular complexity index is 460. The van der Waals surface area contributed by atoms with Gasteiger partial charge in [-0.2, -0.15) is 0 Å². The van der Waals surface area contributed by atoms with Crippen molar-refractivity contribution in [1.82, 2.24) is 19.7 Å². The molecule has 2 aromatic rings. The normalized spacial score (nSPS) is 12.4. The molecule has 0 aliphatic rings. The lowest BCUT2D eigenvalue weighted by Crippen LogP contribution is -2.12. The molecule has 2 aromatic heterocycles. The van der Waals surface area contributed by atoms with Crippen LogP contribution >= 0.6 is 0 Å². The van der Waals surface area contributed by atoms with Crippen LogP contribution in [0.15, 0.2) is 24.7 Å². The van der Waals surface area contributed by atoms with Gasteiger partial charge in [0, 0.05) is 7.05 Å². The molecule has 0 radical (unpaired) electrons. The molecule has 84 valence electrons. The highest BCUT2D eigenvalue weighted by Gasteiger charge is 2.11. The van der Waals surface area contributed by atoms with Crippen LogP contribution in [-0.4, -0.2) is 19.7 Å². The third kappa shape index (κ3) is 2.10. The lowest BCUT2D eigenvalue weighted by Gasteiger charge is -2.13. The summed E-state index contributed by atoms with van der Waals surface area (Å²) >= 11 is 0. The SMILES string of the molecule is CC(Nc1ccc(N)cn1)c1nncn1C. The van der Waals surface area contributed by atoms with Gasteiger partial charge in [-0.1, -0.05) is 0 Å². The maximum absolute atomic E-state index is 5.56. The summed E-state index contributed by atoms with van der Waals surface area (Å²) < 4.78 is 1.87. The van der Waals surface area contributed by atoms with Crippen LogP contribution in [0, 0.1) is 0 Å². The third-order valence-corrected chi connectivity index (χ3v) is 2.28. The first-order chi connectivity index (χ1) is 7.66. The van der Waals surface area contributed by atoms with E-state index in [2.05, 4.69) is 20.5 Å². The summed E-state index contributed by atoms with van der Waals surface area (Å²) in [6, 6.07) is 3.68. The Morgan fingerprint density at radius 1 is 1.44 bits per heavy atom. The molecule has 1 atom stereocenters. The lowest BCUT2D eigenvalue weighted by molar-refractivity contribution is 0.716. The summed E-state index contributed by atoms with van der Waals surface area (Å²) in [6.07, 6.45) is 3.29. The van der Waals surface area contributed by atoms with Gasteiger partial charge in [0.15, 0.2) is 5.82 Å². The summed E-state index contributed by atoms with van der Waals surface area (Å²) in [7, 11) is 1.91. The number of nitrogens with two attached hydrogens (primary N) is 1. The van der Waals surface area contributed by atoms with Crippen LogP contribution in [0.25, 0.3) is 0 Å². The molecule has 0 bridgehead atoms. The molecule has 0 aliphatic heterocycles. The molecule has 0 saturated carbocycles. The topological polar surface area (TPSA) is 81.7 Å². The van der Waals surface area contributed by atoms with Crippen LogP contribution in [0.1, 0.15) is 18.8 Å². The monoisotopic (exact) mass is 218 g/mol. The van der Waals surface area contributed by atoms with E-state index < -0.39 is 0 Å². The largest absolute Gasteiger partial charge is 0.397 e. The molecule has 0 aliphatic carbocycles. The van der Waals surface area contributed by atoms with Gasteiger partial charge in [0.2, 0.25) is 0 Å². The summed E-state index contributed by atoms with van der Waals surface area (Å²) in [4.78, 5) is 4.16. The van der Waals surface area contributed by atoms with Crippen LogP contribution in [-0.2, 0) is 7.05 Å². The van der Waals surface area contributed by atoms with Crippen LogP contribution in [0.3, 0.4) is 0 Å². The van der Waals surface area contributed by atoms with E-state index in [0.29, 0.717) is 5.69 Å². The fourth-order valence-electron chi connectivity index (χ4n) is 1.46. The van der Waals surface area contributed by atoms with Crippen LogP contribution in [0.4, 0.5) is 11.5 Å². The zero-order chi connectivity index (χ0) is 11.5. The number of aryl methyl sites for hydroxylation is 1. The van der Waals surface area contributed by atoms with Crippen LogP contribution in [0.2, 0.25) is 0 Å². The quantitative estimate of drug-likeness (QED) is 0.802. The Morgan fingerprint density at radius 3 is 2.81 bits per heavy atom. The number of nitrogen functional groups attached to an aromatic ring is 1. The maximum atomic E-state index is 5.56. The second-order valence-corrected chi connectivity index (χ2v) is 3.64. The van der Waals surface area contributed by atoms with E-state index in [1.807, 2.05) is 24.6 Å². The van der Waals surface area contributed by atoms with Crippen molar-refractivity contribution < 1.29 is 0 Å². The first kappa shape index (κ1) is 10.4. The number of hydrogen-bond acceptors (Lipinski definition) is 5. The molecule has 0 amide bonds. The molecule has 1 unspecified atom stereocenters. The first-order valence-corrected chi connectivity index (χ1v) is 4.99. The zero-order valence-electron chi connectivity index (χ0n) is 9.25. The van der Waals surface area contributed by atoms with Crippen LogP contribution < -0.4 is 11.1 Å². The van der Waals surface area contributed by atoms with Gasteiger partial charge in [0.25, 0.3) is 0 Å². The average molecular weight is 218 g/mol. The molecule has 6 nitrogen and oxygen atoms in total. The number of nitrogens with zero attached hydrogens (tertiary/aromatic N) is 4. The van der Waals surface area contributed by atoms with Crippen LogP contribution in [0.5, 0.6) is 0 Å². The van der Waals surface area contributed by atoms with E-state index in [9.17, 15) is 0 Å². The summed E-state index contributed by atoms with van der Waals surface area (Å²) in [5.74, 6) is 1.63. The van der Waals surface area contributed by atoms with Crippen molar-refractivity contribution in [3.8, 4) is 0 Å². The second-order valence-electron chi connectivity index (χ2n) is 3.64. The van der Waals surface area contributed by atoms with Crippen molar-refractivity contribution in [2.75, 3.05) is 11.1 Å². The van der Waals surface area contributed by atoms with E-state index in [0.717, 1.165) is 11.6 Å². The van der Waals surface area contributed by atoms with Crippen molar-refractivity contribution in [1.29, 1.82) is 0 Å². The van der Waals surface area contributed by atoms with Gasteiger partial charge in [-0.25, -0.2) is 4.98 Å². The number of pyridine rings is 1. The second kappa shape index (κ2) is 4.18.